The van der Waals surface area contributed by atoms with Gasteiger partial charge in [-0.1, -0.05) is 12.2 Å². The molecule has 1 fully saturated rings. The predicted molar refractivity (Wildman–Crippen MR) is 123 cm³/mol. The zero-order chi connectivity index (χ0) is 21.6. The summed E-state index contributed by atoms with van der Waals surface area (Å²) in [7, 11) is -1.66. The quantitative estimate of drug-likeness (QED) is 0.258. The van der Waals surface area contributed by atoms with Gasteiger partial charge in [0.25, 0.3) is 0 Å². The first-order chi connectivity index (χ1) is 14.7. The Labute approximate surface area is 181 Å². The molecule has 5 nitrogen and oxygen atoms in total. The van der Waals surface area contributed by atoms with Gasteiger partial charge in [0.1, 0.15) is 11.5 Å². The summed E-state index contributed by atoms with van der Waals surface area (Å²) < 4.78 is 17.8. The summed E-state index contributed by atoms with van der Waals surface area (Å²) in [6.45, 7) is 9.30. The molecule has 1 aliphatic heterocycles. The Morgan fingerprint density at radius 1 is 0.967 bits per heavy atom. The van der Waals surface area contributed by atoms with Gasteiger partial charge in [-0.2, -0.15) is 0 Å². The highest BCUT2D eigenvalue weighted by molar-refractivity contribution is 6.61. The van der Waals surface area contributed by atoms with Gasteiger partial charge in [0.05, 0.1) is 24.8 Å². The summed E-state index contributed by atoms with van der Waals surface area (Å²) in [5.41, 5.74) is 1.34. The lowest BCUT2D eigenvalue weighted by atomic mass is 9.77. The van der Waals surface area contributed by atoms with Gasteiger partial charge in [-0.05, 0) is 81.9 Å². The molecule has 0 aliphatic carbocycles. The van der Waals surface area contributed by atoms with Crippen molar-refractivity contribution in [3.05, 3.63) is 43.0 Å². The van der Waals surface area contributed by atoms with Gasteiger partial charge in [-0.25, -0.2) is 0 Å². The first-order valence-electron chi connectivity index (χ1n) is 11.3. The number of hydrogen-bond acceptors (Lipinski definition) is 5. The molecule has 1 aromatic rings. The lowest BCUT2D eigenvalue weighted by Crippen LogP contribution is -2.34. The average molecular weight is 416 g/mol. The summed E-state index contributed by atoms with van der Waals surface area (Å²) in [4.78, 5) is 0. The second-order valence-corrected chi connectivity index (χ2v) is 7.84. The SMILES string of the molecule is C=CCCCCOc1cc(CC2CCCCO2)cc(OCCCCC=C)c1B(O)O. The molecule has 0 amide bonds. The Bertz CT molecular complexity index is 601. The molecule has 0 bridgehead atoms. The Balaban J connectivity index is 2.15. The predicted octanol–water partition coefficient (Wildman–Crippen LogP) is 3.95. The highest BCUT2D eigenvalue weighted by atomic mass is 16.5. The van der Waals surface area contributed by atoms with Gasteiger partial charge in [0, 0.05) is 6.61 Å². The van der Waals surface area contributed by atoms with Gasteiger partial charge in [0.15, 0.2) is 0 Å². The van der Waals surface area contributed by atoms with Crippen LogP contribution in [0.5, 0.6) is 11.5 Å². The zero-order valence-corrected chi connectivity index (χ0v) is 18.2. The third-order valence-electron chi connectivity index (χ3n) is 5.28. The minimum Gasteiger partial charge on any atom is -0.494 e. The van der Waals surface area contributed by atoms with Crippen molar-refractivity contribution < 1.29 is 24.3 Å². The van der Waals surface area contributed by atoms with Gasteiger partial charge < -0.3 is 24.3 Å². The maximum atomic E-state index is 10.0. The van der Waals surface area contributed by atoms with Crippen LogP contribution in [0.15, 0.2) is 37.4 Å². The molecule has 1 saturated heterocycles. The third kappa shape index (κ3) is 8.54. The molecule has 6 heteroatoms. The number of rotatable bonds is 15. The van der Waals surface area contributed by atoms with Crippen LogP contribution in [-0.2, 0) is 11.2 Å². The molecule has 0 saturated carbocycles. The van der Waals surface area contributed by atoms with Crippen LogP contribution in [0.25, 0.3) is 0 Å². The van der Waals surface area contributed by atoms with Gasteiger partial charge in [-0.15, -0.1) is 13.2 Å². The maximum absolute atomic E-state index is 10.0. The highest BCUT2D eigenvalue weighted by Gasteiger charge is 2.25. The van der Waals surface area contributed by atoms with Gasteiger partial charge >= 0.3 is 7.12 Å². The van der Waals surface area contributed by atoms with E-state index in [0.29, 0.717) is 30.2 Å². The van der Waals surface area contributed by atoms with Gasteiger partial charge in [0.2, 0.25) is 0 Å². The minimum atomic E-state index is -1.66. The normalized spacial score (nSPS) is 16.1. The molecule has 30 heavy (non-hydrogen) atoms. The molecule has 1 unspecified atom stereocenters. The Hall–Kier alpha value is -1.76. The van der Waals surface area contributed by atoms with E-state index < -0.39 is 7.12 Å². The average Bonchev–Trinajstić information content (AvgIpc) is 2.74. The molecule has 2 rings (SSSR count). The van der Waals surface area contributed by atoms with Crippen LogP contribution < -0.4 is 14.9 Å². The maximum Gasteiger partial charge on any atom is 0.496 e. The topological polar surface area (TPSA) is 68.2 Å². The number of allylic oxidation sites excluding steroid dienone is 2. The van der Waals surface area contributed by atoms with Crippen LogP contribution in [0.2, 0.25) is 0 Å². The standard InChI is InChI=1S/C24H37BO5/c1-3-5-7-10-15-29-22-18-20(17-21-13-9-12-14-28-21)19-23(24(22)25(26)27)30-16-11-8-6-4-2/h3-4,18-19,21,26-27H,1-2,5-17H2. The summed E-state index contributed by atoms with van der Waals surface area (Å²) in [6.07, 6.45) is 13.7. The lowest BCUT2D eigenvalue weighted by molar-refractivity contribution is 0.0167. The van der Waals surface area contributed by atoms with Crippen molar-refractivity contribution in [3.8, 4) is 11.5 Å². The molecule has 2 N–H and O–H groups in total. The highest BCUT2D eigenvalue weighted by Crippen LogP contribution is 2.25. The zero-order valence-electron chi connectivity index (χ0n) is 18.2. The molecule has 0 radical (unpaired) electrons. The lowest BCUT2D eigenvalue weighted by Gasteiger charge is -2.24. The Kier molecular flexibility index (Phi) is 11.7. The van der Waals surface area contributed by atoms with E-state index in [4.69, 9.17) is 14.2 Å². The van der Waals surface area contributed by atoms with Crippen molar-refractivity contribution in [2.45, 2.75) is 70.3 Å². The van der Waals surface area contributed by atoms with E-state index in [-0.39, 0.29) is 6.10 Å². The molecule has 0 spiro atoms. The molecule has 0 aromatic heterocycles. The van der Waals surface area contributed by atoms with Crippen LogP contribution in [-0.4, -0.2) is 43.1 Å². The van der Waals surface area contributed by atoms with Gasteiger partial charge in [-0.3, -0.25) is 0 Å². The van der Waals surface area contributed by atoms with Crippen molar-refractivity contribution in [2.75, 3.05) is 19.8 Å². The molecule has 1 aliphatic rings. The van der Waals surface area contributed by atoms with Crippen LogP contribution in [0.1, 0.15) is 63.4 Å². The van der Waals surface area contributed by atoms with E-state index in [2.05, 4.69) is 13.2 Å². The summed E-state index contributed by atoms with van der Waals surface area (Å²) >= 11 is 0. The number of unbranched alkanes of at least 4 members (excludes halogenated alkanes) is 4. The van der Waals surface area contributed by atoms with Crippen molar-refractivity contribution in [1.82, 2.24) is 0 Å². The first-order valence-corrected chi connectivity index (χ1v) is 11.3. The third-order valence-corrected chi connectivity index (χ3v) is 5.28. The van der Waals surface area contributed by atoms with Crippen LogP contribution >= 0.6 is 0 Å². The van der Waals surface area contributed by atoms with Crippen molar-refractivity contribution in [1.29, 1.82) is 0 Å². The molecule has 1 atom stereocenters. The Morgan fingerprint density at radius 2 is 1.57 bits per heavy atom. The largest absolute Gasteiger partial charge is 0.496 e. The second kappa shape index (κ2) is 14.3. The number of ether oxygens (including phenoxy) is 3. The molecular formula is C24H37BO5. The van der Waals surface area contributed by atoms with E-state index in [9.17, 15) is 10.0 Å². The fraction of sp³-hybridized carbons (Fsp3) is 0.583. The summed E-state index contributed by atoms with van der Waals surface area (Å²) in [5.74, 6) is 0.969. The van der Waals surface area contributed by atoms with E-state index in [1.807, 2.05) is 24.3 Å². The smallest absolute Gasteiger partial charge is 0.494 e. The van der Waals surface area contributed by atoms with Crippen molar-refractivity contribution >= 4 is 12.6 Å². The number of hydrogen-bond donors (Lipinski definition) is 2. The first kappa shape index (κ1) is 24.5. The van der Waals surface area contributed by atoms with E-state index in [1.54, 1.807) is 0 Å². The number of benzene rings is 1. The van der Waals surface area contributed by atoms with Crippen LogP contribution in [0.4, 0.5) is 0 Å². The van der Waals surface area contributed by atoms with Crippen molar-refractivity contribution in [2.24, 2.45) is 0 Å². The minimum absolute atomic E-state index is 0.185. The van der Waals surface area contributed by atoms with E-state index in [1.165, 1.54) is 6.42 Å². The van der Waals surface area contributed by atoms with Crippen LogP contribution in [0.3, 0.4) is 0 Å². The molecule has 1 aromatic carbocycles. The van der Waals surface area contributed by atoms with E-state index >= 15 is 0 Å². The second-order valence-electron chi connectivity index (χ2n) is 7.84. The molecule has 1 heterocycles. The fourth-order valence-electron chi connectivity index (χ4n) is 3.64. The fourth-order valence-corrected chi connectivity index (χ4v) is 3.64. The summed E-state index contributed by atoms with van der Waals surface area (Å²) in [5, 5.41) is 20.0. The van der Waals surface area contributed by atoms with Crippen molar-refractivity contribution in [3.63, 3.8) is 0 Å². The van der Waals surface area contributed by atoms with Crippen LogP contribution in [0, 0.1) is 0 Å². The van der Waals surface area contributed by atoms with E-state index in [0.717, 1.165) is 70.0 Å². The molecular weight excluding hydrogens is 379 g/mol. The molecule has 166 valence electrons. The Morgan fingerprint density at radius 3 is 2.03 bits per heavy atom. The summed E-state index contributed by atoms with van der Waals surface area (Å²) in [6, 6.07) is 3.82. The monoisotopic (exact) mass is 416 g/mol.